The number of alkyl halides is 1. The Kier molecular flexibility index (Phi) is 7.81. The molecule has 0 aromatic carbocycles. The normalized spacial score (nSPS) is 11.5. The van der Waals surface area contributed by atoms with E-state index in [2.05, 4.69) is 32.8 Å². The van der Waals surface area contributed by atoms with E-state index < -0.39 is 0 Å². The van der Waals surface area contributed by atoms with E-state index in [0.29, 0.717) is 0 Å². The van der Waals surface area contributed by atoms with Gasteiger partial charge in [-0.15, -0.1) is 24.0 Å². The molecule has 0 bridgehead atoms. The van der Waals surface area contributed by atoms with Crippen LogP contribution in [0.4, 0.5) is 0 Å². The fourth-order valence-electron chi connectivity index (χ4n) is 0.816. The van der Waals surface area contributed by atoms with Crippen molar-refractivity contribution in [3.63, 3.8) is 0 Å². The number of halogens is 2. The molecule has 0 aromatic rings. The molecule has 0 radical (unpaired) electrons. The van der Waals surface area contributed by atoms with Crippen LogP contribution in [0, 0.1) is 0 Å². The topological polar surface area (TPSA) is 3.24 Å². The molecule has 11 heavy (non-hydrogen) atoms. The molecule has 0 atom stereocenters. The van der Waals surface area contributed by atoms with Crippen LogP contribution in [0.1, 0.15) is 26.7 Å². The van der Waals surface area contributed by atoms with Crippen molar-refractivity contribution < 1.29 is 0 Å². The highest BCUT2D eigenvalue weighted by molar-refractivity contribution is 6.23. The Morgan fingerprint density at radius 3 is 2.00 bits per heavy atom. The minimum atomic E-state index is -0.0178. The molecular formula is C8H19Cl2N. The van der Waals surface area contributed by atoms with Crippen LogP contribution in [0.5, 0.6) is 0 Å². The number of hydrogen-bond acceptors (Lipinski definition) is 1. The van der Waals surface area contributed by atoms with Gasteiger partial charge in [0.25, 0.3) is 0 Å². The summed E-state index contributed by atoms with van der Waals surface area (Å²) >= 11 is 6.00. The molecule has 0 saturated heterocycles. The van der Waals surface area contributed by atoms with E-state index in [9.17, 15) is 0 Å². The van der Waals surface area contributed by atoms with Gasteiger partial charge in [-0.05, 0) is 47.3 Å². The van der Waals surface area contributed by atoms with Crippen LogP contribution in [0.2, 0.25) is 0 Å². The van der Waals surface area contributed by atoms with Crippen LogP contribution >= 0.6 is 24.0 Å². The van der Waals surface area contributed by atoms with Gasteiger partial charge in [0, 0.05) is 4.87 Å². The van der Waals surface area contributed by atoms with Gasteiger partial charge in [0.2, 0.25) is 0 Å². The minimum Gasteiger partial charge on any atom is -0.309 e. The lowest BCUT2D eigenvalue weighted by molar-refractivity contribution is 0.383. The van der Waals surface area contributed by atoms with Gasteiger partial charge >= 0.3 is 0 Å². The van der Waals surface area contributed by atoms with E-state index in [1.54, 1.807) is 0 Å². The summed E-state index contributed by atoms with van der Waals surface area (Å²) in [6, 6.07) is 0. The van der Waals surface area contributed by atoms with Gasteiger partial charge in [0.05, 0.1) is 0 Å². The van der Waals surface area contributed by atoms with Gasteiger partial charge in [-0.3, -0.25) is 0 Å². The first kappa shape index (κ1) is 14.1. The second kappa shape index (κ2) is 6.10. The largest absolute Gasteiger partial charge is 0.309 e. The zero-order chi connectivity index (χ0) is 8.20. The van der Waals surface area contributed by atoms with Gasteiger partial charge in [-0.1, -0.05) is 0 Å². The lowest BCUT2D eigenvalue weighted by Gasteiger charge is -2.16. The molecule has 0 N–H and O–H groups in total. The lowest BCUT2D eigenvalue weighted by atomic mass is 10.1. The fraction of sp³-hybridized carbons (Fsp3) is 1.00. The van der Waals surface area contributed by atoms with Crippen LogP contribution in [0.3, 0.4) is 0 Å². The summed E-state index contributed by atoms with van der Waals surface area (Å²) in [5, 5.41) is 0. The molecule has 0 heterocycles. The van der Waals surface area contributed by atoms with Crippen molar-refractivity contribution in [2.24, 2.45) is 0 Å². The Morgan fingerprint density at radius 2 is 1.73 bits per heavy atom. The second-order valence-electron chi connectivity index (χ2n) is 3.63. The smallest absolute Gasteiger partial charge is 0.0391 e. The van der Waals surface area contributed by atoms with Gasteiger partial charge in [0.15, 0.2) is 0 Å². The van der Waals surface area contributed by atoms with Crippen molar-refractivity contribution in [2.45, 2.75) is 31.6 Å². The molecule has 0 aliphatic carbocycles. The van der Waals surface area contributed by atoms with Crippen molar-refractivity contribution in [3.8, 4) is 0 Å². The summed E-state index contributed by atoms with van der Waals surface area (Å²) < 4.78 is 0. The van der Waals surface area contributed by atoms with Crippen molar-refractivity contribution in [3.05, 3.63) is 0 Å². The van der Waals surface area contributed by atoms with E-state index in [-0.39, 0.29) is 17.3 Å². The molecule has 0 rings (SSSR count). The van der Waals surface area contributed by atoms with E-state index >= 15 is 0 Å². The van der Waals surface area contributed by atoms with Gasteiger partial charge in [0.1, 0.15) is 0 Å². The summed E-state index contributed by atoms with van der Waals surface area (Å²) in [5.74, 6) is 0. The first-order valence-corrected chi connectivity index (χ1v) is 4.13. The van der Waals surface area contributed by atoms with Crippen LogP contribution in [-0.4, -0.2) is 30.4 Å². The minimum absolute atomic E-state index is 0. The zero-order valence-electron chi connectivity index (χ0n) is 7.85. The Balaban J connectivity index is 0. The van der Waals surface area contributed by atoms with Crippen molar-refractivity contribution >= 4 is 24.0 Å². The molecular weight excluding hydrogens is 181 g/mol. The first-order chi connectivity index (χ1) is 4.42. The molecule has 0 spiro atoms. The monoisotopic (exact) mass is 199 g/mol. The molecule has 0 aliphatic heterocycles. The summed E-state index contributed by atoms with van der Waals surface area (Å²) in [7, 11) is 4.17. The standard InChI is InChI=1S/C8H18ClN.ClH/c1-8(2,9)6-5-7-10(3)4;/h5-7H2,1-4H3;1H. The molecule has 3 heteroatoms. The highest BCUT2D eigenvalue weighted by Gasteiger charge is 2.11. The maximum absolute atomic E-state index is 6.00. The first-order valence-electron chi connectivity index (χ1n) is 3.75. The highest BCUT2D eigenvalue weighted by atomic mass is 35.5. The third-order valence-corrected chi connectivity index (χ3v) is 1.57. The molecule has 0 aromatic heterocycles. The van der Waals surface area contributed by atoms with Gasteiger partial charge in [-0.2, -0.15) is 0 Å². The average Bonchev–Trinajstić information content (AvgIpc) is 1.59. The summed E-state index contributed by atoms with van der Waals surface area (Å²) in [5.41, 5.74) is 0. The molecule has 70 valence electrons. The van der Waals surface area contributed by atoms with E-state index in [0.717, 1.165) is 13.0 Å². The number of nitrogens with zero attached hydrogens (tertiary/aromatic N) is 1. The second-order valence-corrected chi connectivity index (χ2v) is 4.65. The third-order valence-electron chi connectivity index (χ3n) is 1.38. The zero-order valence-corrected chi connectivity index (χ0v) is 9.43. The van der Waals surface area contributed by atoms with Crippen molar-refractivity contribution in [1.29, 1.82) is 0 Å². The highest BCUT2D eigenvalue weighted by Crippen LogP contribution is 2.19. The van der Waals surface area contributed by atoms with Crippen molar-refractivity contribution in [2.75, 3.05) is 20.6 Å². The van der Waals surface area contributed by atoms with Crippen LogP contribution in [-0.2, 0) is 0 Å². The summed E-state index contributed by atoms with van der Waals surface area (Å²) in [6.45, 7) is 5.25. The summed E-state index contributed by atoms with van der Waals surface area (Å²) in [4.78, 5) is 2.17. The SMILES string of the molecule is CN(C)CCCC(C)(C)Cl.Cl. The fourth-order valence-corrected chi connectivity index (χ4v) is 0.949. The van der Waals surface area contributed by atoms with Crippen molar-refractivity contribution in [1.82, 2.24) is 4.90 Å². The maximum atomic E-state index is 6.00. The van der Waals surface area contributed by atoms with Crippen LogP contribution < -0.4 is 0 Å². The summed E-state index contributed by atoms with van der Waals surface area (Å²) in [6.07, 6.45) is 2.27. The lowest BCUT2D eigenvalue weighted by Crippen LogP contribution is -2.17. The van der Waals surface area contributed by atoms with E-state index in [4.69, 9.17) is 11.6 Å². The molecule has 0 unspecified atom stereocenters. The van der Waals surface area contributed by atoms with Crippen LogP contribution in [0.15, 0.2) is 0 Å². The maximum Gasteiger partial charge on any atom is 0.0391 e. The number of rotatable bonds is 4. The number of hydrogen-bond donors (Lipinski definition) is 0. The quantitative estimate of drug-likeness (QED) is 0.630. The van der Waals surface area contributed by atoms with Gasteiger partial charge < -0.3 is 4.90 Å². The Hall–Kier alpha value is 0.540. The predicted molar refractivity (Wildman–Crippen MR) is 55.0 cm³/mol. The van der Waals surface area contributed by atoms with E-state index in [1.165, 1.54) is 6.42 Å². The molecule has 0 saturated carbocycles. The average molecular weight is 200 g/mol. The molecule has 0 fully saturated rings. The van der Waals surface area contributed by atoms with E-state index in [1.807, 2.05) is 0 Å². The Labute approximate surface area is 81.5 Å². The third kappa shape index (κ3) is 13.5. The predicted octanol–water partition coefficient (Wildman–Crippen LogP) is 2.77. The molecule has 0 amide bonds. The van der Waals surface area contributed by atoms with Crippen LogP contribution in [0.25, 0.3) is 0 Å². The molecule has 0 aliphatic rings. The molecule has 1 nitrogen and oxygen atoms in total. The van der Waals surface area contributed by atoms with Gasteiger partial charge in [-0.25, -0.2) is 0 Å². The Bertz CT molecular complexity index is 86.6. The Morgan fingerprint density at radius 1 is 1.27 bits per heavy atom.